The van der Waals surface area contributed by atoms with E-state index in [1.807, 2.05) is 0 Å². The van der Waals surface area contributed by atoms with E-state index in [0.717, 1.165) is 4.70 Å². The third-order valence-electron chi connectivity index (χ3n) is 6.60. The maximum atomic E-state index is 13.6. The molecule has 4 aromatic rings. The smallest absolute Gasteiger partial charge is 0.301 e. The quantitative estimate of drug-likeness (QED) is 0.181. The number of fused-ring (bicyclic) bond motifs is 1. The Morgan fingerprint density at radius 2 is 1.45 bits per heavy atom. The Bertz CT molecular complexity index is 1620. The lowest BCUT2D eigenvalue weighted by Gasteiger charge is -2.24. The predicted molar refractivity (Wildman–Crippen MR) is 150 cm³/mol. The number of rotatable bonds is 8. The standard InChI is InChI=1S/C29H26N2O8S/c1-35-17-8-6-15(7-9-17)25(32)23-24(16-12-20(37-3)27(39-5)21(13-16)38-4)31(28(34)26(23)33)29-30-19-11-10-18(36-2)14-22(19)40-29/h6-14,24,32H,1-5H3/b25-23+. The molecule has 5 rings (SSSR count). The maximum Gasteiger partial charge on any atom is 0.301 e. The molecule has 0 saturated carbocycles. The Labute approximate surface area is 233 Å². The van der Waals surface area contributed by atoms with Gasteiger partial charge in [0.15, 0.2) is 16.6 Å². The van der Waals surface area contributed by atoms with Crippen molar-refractivity contribution in [2.24, 2.45) is 0 Å². The number of thiazole rings is 1. The Hall–Kier alpha value is -4.77. The van der Waals surface area contributed by atoms with Crippen LogP contribution in [0.4, 0.5) is 5.13 Å². The van der Waals surface area contributed by atoms with Crippen molar-refractivity contribution in [1.82, 2.24) is 4.98 Å². The van der Waals surface area contributed by atoms with Crippen molar-refractivity contribution < 1.29 is 38.4 Å². The zero-order chi connectivity index (χ0) is 28.6. The second kappa shape index (κ2) is 10.8. The number of Topliss-reactive ketones (excluding diaryl/α,β-unsaturated/α-hetero) is 1. The van der Waals surface area contributed by atoms with Crippen LogP contribution in [-0.2, 0) is 9.59 Å². The van der Waals surface area contributed by atoms with Crippen LogP contribution in [0.25, 0.3) is 16.0 Å². The number of carbonyl (C=O) groups is 2. The molecule has 1 unspecified atom stereocenters. The number of carbonyl (C=O) groups excluding carboxylic acids is 2. The molecule has 1 amide bonds. The molecule has 0 bridgehead atoms. The number of nitrogens with zero attached hydrogens (tertiary/aromatic N) is 2. The molecule has 2 heterocycles. The first-order chi connectivity index (χ1) is 19.3. The number of aliphatic hydroxyl groups excluding tert-OH is 1. The summed E-state index contributed by atoms with van der Waals surface area (Å²) in [6.07, 6.45) is 0. The van der Waals surface area contributed by atoms with Crippen molar-refractivity contribution in [3.8, 4) is 28.7 Å². The summed E-state index contributed by atoms with van der Waals surface area (Å²) in [6.45, 7) is 0. The van der Waals surface area contributed by atoms with E-state index in [9.17, 15) is 14.7 Å². The van der Waals surface area contributed by atoms with Gasteiger partial charge in [0.2, 0.25) is 5.75 Å². The van der Waals surface area contributed by atoms with E-state index in [-0.39, 0.29) is 16.5 Å². The number of amides is 1. The lowest BCUT2D eigenvalue weighted by molar-refractivity contribution is -0.132. The van der Waals surface area contributed by atoms with Crippen molar-refractivity contribution in [3.63, 3.8) is 0 Å². The first-order valence-electron chi connectivity index (χ1n) is 12.0. The Morgan fingerprint density at radius 1 is 0.825 bits per heavy atom. The van der Waals surface area contributed by atoms with Crippen LogP contribution in [0.1, 0.15) is 17.2 Å². The zero-order valence-electron chi connectivity index (χ0n) is 22.4. The average molecular weight is 563 g/mol. The van der Waals surface area contributed by atoms with Crippen molar-refractivity contribution in [2.75, 3.05) is 40.4 Å². The normalized spacial score (nSPS) is 16.3. The summed E-state index contributed by atoms with van der Waals surface area (Å²) in [5.41, 5.74) is 1.30. The van der Waals surface area contributed by atoms with Gasteiger partial charge in [-0.2, -0.15) is 0 Å². The van der Waals surface area contributed by atoms with Gasteiger partial charge in [0.05, 0.1) is 57.4 Å². The second-order valence-electron chi connectivity index (χ2n) is 8.69. The van der Waals surface area contributed by atoms with Gasteiger partial charge in [-0.1, -0.05) is 11.3 Å². The van der Waals surface area contributed by atoms with E-state index in [1.54, 1.807) is 61.7 Å². The van der Waals surface area contributed by atoms with Crippen molar-refractivity contribution in [1.29, 1.82) is 0 Å². The van der Waals surface area contributed by atoms with Gasteiger partial charge < -0.3 is 28.8 Å². The highest BCUT2D eigenvalue weighted by Gasteiger charge is 2.48. The molecule has 0 radical (unpaired) electrons. The molecule has 1 atom stereocenters. The molecule has 11 heteroatoms. The molecule has 0 spiro atoms. The Kier molecular flexibility index (Phi) is 7.22. The minimum absolute atomic E-state index is 0.110. The number of aromatic nitrogens is 1. The highest BCUT2D eigenvalue weighted by Crippen LogP contribution is 2.48. The summed E-state index contributed by atoms with van der Waals surface area (Å²) in [6, 6.07) is 14.1. The number of ketones is 1. The van der Waals surface area contributed by atoms with Crippen LogP contribution in [0.3, 0.4) is 0 Å². The molecule has 1 aliphatic heterocycles. The van der Waals surface area contributed by atoms with E-state index in [1.165, 1.54) is 44.7 Å². The lowest BCUT2D eigenvalue weighted by Crippen LogP contribution is -2.29. The summed E-state index contributed by atoms with van der Waals surface area (Å²) in [5.74, 6) is 0.150. The fraction of sp³-hybridized carbons (Fsp3) is 0.207. The van der Waals surface area contributed by atoms with Crippen LogP contribution in [0.15, 0.2) is 60.2 Å². The summed E-state index contributed by atoms with van der Waals surface area (Å²) in [7, 11) is 7.50. The van der Waals surface area contributed by atoms with Gasteiger partial charge in [0.25, 0.3) is 5.78 Å². The maximum absolute atomic E-state index is 13.6. The van der Waals surface area contributed by atoms with Crippen LogP contribution < -0.4 is 28.6 Å². The molecule has 1 N–H and O–H groups in total. The van der Waals surface area contributed by atoms with E-state index < -0.39 is 17.7 Å². The van der Waals surface area contributed by atoms with Gasteiger partial charge in [-0.15, -0.1) is 0 Å². The van der Waals surface area contributed by atoms with Gasteiger partial charge in [0, 0.05) is 5.56 Å². The lowest BCUT2D eigenvalue weighted by atomic mass is 9.94. The number of aliphatic hydroxyl groups is 1. The van der Waals surface area contributed by atoms with E-state index >= 15 is 0 Å². The summed E-state index contributed by atoms with van der Waals surface area (Å²) in [4.78, 5) is 33.2. The molecule has 206 valence electrons. The zero-order valence-corrected chi connectivity index (χ0v) is 23.2. The average Bonchev–Trinajstić information content (AvgIpc) is 3.53. The first-order valence-corrected chi connectivity index (χ1v) is 12.9. The van der Waals surface area contributed by atoms with Crippen molar-refractivity contribution in [2.45, 2.75) is 6.04 Å². The molecule has 40 heavy (non-hydrogen) atoms. The number of methoxy groups -OCH3 is 5. The van der Waals surface area contributed by atoms with Crippen LogP contribution >= 0.6 is 11.3 Å². The fourth-order valence-electron chi connectivity index (χ4n) is 4.63. The first kappa shape index (κ1) is 26.8. The highest BCUT2D eigenvalue weighted by molar-refractivity contribution is 7.22. The number of ether oxygens (including phenoxy) is 5. The molecule has 1 aliphatic rings. The Balaban J connectivity index is 1.76. The van der Waals surface area contributed by atoms with Crippen LogP contribution in [0.5, 0.6) is 28.7 Å². The molecule has 10 nitrogen and oxygen atoms in total. The number of hydrogen-bond acceptors (Lipinski definition) is 10. The fourth-order valence-corrected chi connectivity index (χ4v) is 5.65. The Morgan fingerprint density at radius 3 is 2.02 bits per heavy atom. The SMILES string of the molecule is COc1ccc(/C(O)=C2\C(=O)C(=O)N(c3nc4ccc(OC)cc4s3)C2c2cc(OC)c(OC)c(OC)c2)cc1. The number of anilines is 1. The highest BCUT2D eigenvalue weighted by atomic mass is 32.1. The number of hydrogen-bond donors (Lipinski definition) is 1. The number of benzene rings is 3. The predicted octanol–water partition coefficient (Wildman–Crippen LogP) is 4.97. The summed E-state index contributed by atoms with van der Waals surface area (Å²) in [5, 5.41) is 11.7. The van der Waals surface area contributed by atoms with E-state index in [4.69, 9.17) is 23.7 Å². The van der Waals surface area contributed by atoms with Crippen molar-refractivity contribution in [3.05, 3.63) is 71.3 Å². The largest absolute Gasteiger partial charge is 0.507 e. The van der Waals surface area contributed by atoms with Gasteiger partial charge in [-0.3, -0.25) is 14.5 Å². The van der Waals surface area contributed by atoms with Gasteiger partial charge >= 0.3 is 5.91 Å². The molecular weight excluding hydrogens is 536 g/mol. The summed E-state index contributed by atoms with van der Waals surface area (Å²) >= 11 is 1.22. The molecule has 1 fully saturated rings. The van der Waals surface area contributed by atoms with Gasteiger partial charge in [0.1, 0.15) is 17.3 Å². The summed E-state index contributed by atoms with van der Waals surface area (Å²) < 4.78 is 27.8. The monoisotopic (exact) mass is 562 g/mol. The molecular formula is C29H26N2O8S. The van der Waals surface area contributed by atoms with Crippen LogP contribution in [-0.4, -0.2) is 57.3 Å². The minimum atomic E-state index is -1.06. The third-order valence-corrected chi connectivity index (χ3v) is 7.62. The molecule has 1 aromatic heterocycles. The van der Waals surface area contributed by atoms with Crippen LogP contribution in [0, 0.1) is 0 Å². The van der Waals surface area contributed by atoms with Crippen molar-refractivity contribution >= 4 is 44.1 Å². The van der Waals surface area contributed by atoms with E-state index in [0.29, 0.717) is 45.4 Å². The van der Waals surface area contributed by atoms with Crippen LogP contribution in [0.2, 0.25) is 0 Å². The minimum Gasteiger partial charge on any atom is -0.507 e. The molecule has 3 aromatic carbocycles. The van der Waals surface area contributed by atoms with E-state index in [2.05, 4.69) is 4.98 Å². The van der Waals surface area contributed by atoms with Gasteiger partial charge in [-0.05, 0) is 60.2 Å². The topological polar surface area (TPSA) is 117 Å². The molecule has 0 aliphatic carbocycles. The van der Waals surface area contributed by atoms with Gasteiger partial charge in [-0.25, -0.2) is 4.98 Å². The third kappa shape index (κ3) is 4.43. The molecule has 1 saturated heterocycles. The second-order valence-corrected chi connectivity index (χ2v) is 9.70.